The van der Waals surface area contributed by atoms with E-state index < -0.39 is 0 Å². The van der Waals surface area contributed by atoms with Gasteiger partial charge in [-0.1, -0.05) is 6.58 Å². The van der Waals surface area contributed by atoms with Crippen LogP contribution in [0, 0.1) is 0 Å². The highest BCUT2D eigenvalue weighted by molar-refractivity contribution is 5.87. The fourth-order valence-corrected chi connectivity index (χ4v) is 1.88. The molecule has 0 saturated heterocycles. The summed E-state index contributed by atoms with van der Waals surface area (Å²) in [6.45, 7) is 4.05. The predicted octanol–water partition coefficient (Wildman–Crippen LogP) is 1.82. The van der Waals surface area contributed by atoms with E-state index in [0.29, 0.717) is 6.61 Å². The number of hydrogen-bond acceptors (Lipinski definition) is 3. The lowest BCUT2D eigenvalue weighted by Gasteiger charge is -2.26. The van der Waals surface area contributed by atoms with E-state index in [1.54, 1.807) is 7.11 Å². The number of benzene rings is 1. The van der Waals surface area contributed by atoms with Gasteiger partial charge in [0.25, 0.3) is 0 Å². The van der Waals surface area contributed by atoms with Crippen molar-refractivity contribution in [2.45, 2.75) is 12.5 Å². The summed E-state index contributed by atoms with van der Waals surface area (Å²) in [5, 5.41) is 2.88. The van der Waals surface area contributed by atoms with Gasteiger partial charge in [-0.05, 0) is 24.3 Å². The van der Waals surface area contributed by atoms with E-state index in [2.05, 4.69) is 11.9 Å². The number of methoxy groups -OCH3 is 1. The molecule has 1 aromatic rings. The summed E-state index contributed by atoms with van der Waals surface area (Å²) in [5.74, 6) is 1.38. The first-order valence-electron chi connectivity index (χ1n) is 5.48. The topological polar surface area (TPSA) is 47.6 Å². The van der Waals surface area contributed by atoms with Gasteiger partial charge >= 0.3 is 0 Å². The summed E-state index contributed by atoms with van der Waals surface area (Å²) in [6.07, 6.45) is 2.02. The maximum atomic E-state index is 11.3. The van der Waals surface area contributed by atoms with Crippen LogP contribution in [0.3, 0.4) is 0 Å². The molecular weight excluding hydrogens is 218 g/mol. The van der Waals surface area contributed by atoms with Crippen LogP contribution in [0.1, 0.15) is 18.0 Å². The molecular formula is C13H15NO3. The quantitative estimate of drug-likeness (QED) is 0.810. The Balaban J connectivity index is 2.28. The standard InChI is InChI=1S/C13H15NO3/c1-3-13(15)14-11-6-7-17-12-5-4-9(16-2)8-10(11)12/h3-5,8,11H,1,6-7H2,2H3,(H,14,15)/t11-/m0/s1. The molecule has 0 aliphatic carbocycles. The zero-order valence-corrected chi connectivity index (χ0v) is 9.73. The molecule has 1 atom stereocenters. The predicted molar refractivity (Wildman–Crippen MR) is 64.2 cm³/mol. The van der Waals surface area contributed by atoms with Gasteiger partial charge in [0, 0.05) is 12.0 Å². The fraction of sp³-hybridized carbons (Fsp3) is 0.308. The first-order valence-corrected chi connectivity index (χ1v) is 5.48. The Bertz CT molecular complexity index is 442. The number of nitrogens with one attached hydrogen (secondary N) is 1. The van der Waals surface area contributed by atoms with Crippen molar-refractivity contribution in [1.82, 2.24) is 5.32 Å². The molecule has 17 heavy (non-hydrogen) atoms. The van der Waals surface area contributed by atoms with Crippen LogP contribution >= 0.6 is 0 Å². The first-order chi connectivity index (χ1) is 8.24. The largest absolute Gasteiger partial charge is 0.497 e. The van der Waals surface area contributed by atoms with Crippen molar-refractivity contribution in [3.8, 4) is 11.5 Å². The lowest BCUT2D eigenvalue weighted by molar-refractivity contribution is -0.117. The summed E-state index contributed by atoms with van der Waals surface area (Å²) in [6, 6.07) is 5.55. The van der Waals surface area contributed by atoms with Crippen LogP contribution < -0.4 is 14.8 Å². The number of carbonyl (C=O) groups excluding carboxylic acids is 1. The molecule has 1 aliphatic heterocycles. The van der Waals surface area contributed by atoms with Crippen LogP contribution in [0.4, 0.5) is 0 Å². The van der Waals surface area contributed by atoms with Gasteiger partial charge in [0.2, 0.25) is 5.91 Å². The van der Waals surface area contributed by atoms with Crippen molar-refractivity contribution in [2.24, 2.45) is 0 Å². The van der Waals surface area contributed by atoms with E-state index in [-0.39, 0.29) is 11.9 Å². The molecule has 1 aromatic carbocycles. The monoisotopic (exact) mass is 233 g/mol. The summed E-state index contributed by atoms with van der Waals surface area (Å²) in [7, 11) is 1.61. The third-order valence-electron chi connectivity index (χ3n) is 2.76. The molecule has 1 N–H and O–H groups in total. The molecule has 0 fully saturated rings. The summed E-state index contributed by atoms with van der Waals surface area (Å²) in [4.78, 5) is 11.3. The summed E-state index contributed by atoms with van der Waals surface area (Å²) < 4.78 is 10.7. The third kappa shape index (κ3) is 2.41. The van der Waals surface area contributed by atoms with Gasteiger partial charge < -0.3 is 14.8 Å². The van der Waals surface area contributed by atoms with E-state index in [1.807, 2.05) is 18.2 Å². The lowest BCUT2D eigenvalue weighted by atomic mass is 10.00. The van der Waals surface area contributed by atoms with Crippen molar-refractivity contribution in [3.05, 3.63) is 36.4 Å². The molecule has 0 spiro atoms. The van der Waals surface area contributed by atoms with Crippen LogP contribution in [0.2, 0.25) is 0 Å². The Kier molecular flexibility index (Phi) is 3.32. The maximum absolute atomic E-state index is 11.3. The van der Waals surface area contributed by atoms with Crippen molar-refractivity contribution >= 4 is 5.91 Å². The molecule has 4 nitrogen and oxygen atoms in total. The van der Waals surface area contributed by atoms with Gasteiger partial charge in [-0.2, -0.15) is 0 Å². The molecule has 0 unspecified atom stereocenters. The number of amides is 1. The van der Waals surface area contributed by atoms with Crippen LogP contribution in [0.5, 0.6) is 11.5 Å². The van der Waals surface area contributed by atoms with Gasteiger partial charge in [0.05, 0.1) is 19.8 Å². The minimum Gasteiger partial charge on any atom is -0.497 e. The second-order valence-corrected chi connectivity index (χ2v) is 3.81. The molecule has 2 rings (SSSR count). The SMILES string of the molecule is C=CC(=O)N[C@H]1CCOc2ccc(OC)cc21. The molecule has 0 bridgehead atoms. The molecule has 0 saturated carbocycles. The highest BCUT2D eigenvalue weighted by Gasteiger charge is 2.22. The highest BCUT2D eigenvalue weighted by Crippen LogP contribution is 2.34. The maximum Gasteiger partial charge on any atom is 0.243 e. The van der Waals surface area contributed by atoms with Gasteiger partial charge in [0.15, 0.2) is 0 Å². The molecule has 1 amide bonds. The normalized spacial score (nSPS) is 17.6. The number of rotatable bonds is 3. The second-order valence-electron chi connectivity index (χ2n) is 3.81. The van der Waals surface area contributed by atoms with E-state index in [9.17, 15) is 4.79 Å². The summed E-state index contributed by atoms with van der Waals surface area (Å²) in [5.41, 5.74) is 0.950. The average molecular weight is 233 g/mol. The third-order valence-corrected chi connectivity index (χ3v) is 2.76. The van der Waals surface area contributed by atoms with Crippen LogP contribution in [-0.4, -0.2) is 19.6 Å². The molecule has 0 radical (unpaired) electrons. The number of ether oxygens (including phenoxy) is 2. The second kappa shape index (κ2) is 4.91. The van der Waals surface area contributed by atoms with Crippen LogP contribution in [0.25, 0.3) is 0 Å². The zero-order chi connectivity index (χ0) is 12.3. The number of hydrogen-bond donors (Lipinski definition) is 1. The Morgan fingerprint density at radius 2 is 2.47 bits per heavy atom. The molecule has 0 aromatic heterocycles. The van der Waals surface area contributed by atoms with Crippen LogP contribution in [0.15, 0.2) is 30.9 Å². The highest BCUT2D eigenvalue weighted by atomic mass is 16.5. The molecule has 1 aliphatic rings. The minimum atomic E-state index is -0.175. The minimum absolute atomic E-state index is 0.0423. The Morgan fingerprint density at radius 3 is 3.18 bits per heavy atom. The molecule has 1 heterocycles. The van der Waals surface area contributed by atoms with E-state index in [0.717, 1.165) is 23.5 Å². The first kappa shape index (κ1) is 11.5. The Hall–Kier alpha value is -1.97. The van der Waals surface area contributed by atoms with E-state index in [1.165, 1.54) is 6.08 Å². The van der Waals surface area contributed by atoms with Gasteiger partial charge in [0.1, 0.15) is 11.5 Å². The Morgan fingerprint density at radius 1 is 1.65 bits per heavy atom. The van der Waals surface area contributed by atoms with Gasteiger partial charge in [-0.15, -0.1) is 0 Å². The van der Waals surface area contributed by atoms with Gasteiger partial charge in [-0.25, -0.2) is 0 Å². The number of fused-ring (bicyclic) bond motifs is 1. The summed E-state index contributed by atoms with van der Waals surface area (Å²) >= 11 is 0. The van der Waals surface area contributed by atoms with E-state index in [4.69, 9.17) is 9.47 Å². The fourth-order valence-electron chi connectivity index (χ4n) is 1.88. The van der Waals surface area contributed by atoms with E-state index >= 15 is 0 Å². The van der Waals surface area contributed by atoms with Crippen molar-refractivity contribution in [3.63, 3.8) is 0 Å². The van der Waals surface area contributed by atoms with Crippen LogP contribution in [-0.2, 0) is 4.79 Å². The van der Waals surface area contributed by atoms with Crippen molar-refractivity contribution in [1.29, 1.82) is 0 Å². The molecule has 4 heteroatoms. The number of carbonyl (C=O) groups is 1. The van der Waals surface area contributed by atoms with Gasteiger partial charge in [-0.3, -0.25) is 4.79 Å². The smallest absolute Gasteiger partial charge is 0.243 e. The zero-order valence-electron chi connectivity index (χ0n) is 9.73. The Labute approximate surface area is 100 Å². The molecule has 90 valence electrons. The van der Waals surface area contributed by atoms with Crippen molar-refractivity contribution in [2.75, 3.05) is 13.7 Å². The van der Waals surface area contributed by atoms with Crippen molar-refractivity contribution < 1.29 is 14.3 Å². The lowest BCUT2D eigenvalue weighted by Crippen LogP contribution is -2.30. The average Bonchev–Trinajstić information content (AvgIpc) is 2.38.